The molecule has 0 radical (unpaired) electrons. The zero-order valence-electron chi connectivity index (χ0n) is 22.9. The number of benzene rings is 3. The van der Waals surface area contributed by atoms with Crippen LogP contribution in [-0.4, -0.2) is 14.9 Å². The number of pyridine rings is 1. The van der Waals surface area contributed by atoms with Crippen molar-refractivity contribution in [2.24, 2.45) is 0 Å². The number of esters is 1. The van der Waals surface area contributed by atoms with Crippen LogP contribution >= 0.6 is 46.4 Å². The van der Waals surface area contributed by atoms with E-state index >= 15 is 0 Å². The maximum atomic E-state index is 14.1. The minimum Gasteiger partial charge on any atom is -0.440 e. The van der Waals surface area contributed by atoms with Gasteiger partial charge < -0.3 is 13.7 Å². The summed E-state index contributed by atoms with van der Waals surface area (Å²) >= 11 is 27.2. The number of fused-ring (bicyclic) bond motifs is 3. The smallest absolute Gasteiger partial charge is 0.341 e. The van der Waals surface area contributed by atoms with E-state index in [9.17, 15) is 4.79 Å². The van der Waals surface area contributed by atoms with Gasteiger partial charge in [-0.25, -0.2) is 4.79 Å². The van der Waals surface area contributed by atoms with E-state index in [0.717, 1.165) is 50.1 Å². The first-order valence-corrected chi connectivity index (χ1v) is 15.1. The fourth-order valence-corrected chi connectivity index (χ4v) is 7.90. The molecule has 7 rings (SSSR count). The van der Waals surface area contributed by atoms with Crippen molar-refractivity contribution in [1.82, 2.24) is 8.97 Å². The van der Waals surface area contributed by atoms with Crippen molar-refractivity contribution >= 4 is 68.8 Å². The minimum absolute atomic E-state index is 0.0174. The molecule has 0 amide bonds. The molecule has 0 fully saturated rings. The number of aryl methyl sites for hydroxylation is 2. The van der Waals surface area contributed by atoms with Gasteiger partial charge in [0.25, 0.3) is 0 Å². The molecule has 3 aromatic carbocycles. The molecular weight excluding hydrogens is 610 g/mol. The van der Waals surface area contributed by atoms with E-state index in [1.807, 2.05) is 61.7 Å². The normalized spacial score (nSPS) is 16.4. The highest BCUT2D eigenvalue weighted by molar-refractivity contribution is 6.53. The van der Waals surface area contributed by atoms with E-state index in [1.54, 1.807) is 0 Å². The van der Waals surface area contributed by atoms with Crippen LogP contribution in [0.1, 0.15) is 45.4 Å². The lowest BCUT2D eigenvalue weighted by molar-refractivity contribution is 0.0260. The molecule has 1 atom stereocenters. The van der Waals surface area contributed by atoms with Crippen molar-refractivity contribution in [3.63, 3.8) is 0 Å². The molecule has 0 bridgehead atoms. The molecule has 0 saturated carbocycles. The van der Waals surface area contributed by atoms with Gasteiger partial charge in [-0.3, -0.25) is 0 Å². The summed E-state index contributed by atoms with van der Waals surface area (Å²) in [4.78, 5) is 14.1. The molecule has 1 aliphatic rings. The summed E-state index contributed by atoms with van der Waals surface area (Å²) in [6, 6.07) is 24.2. The lowest BCUT2D eigenvalue weighted by Gasteiger charge is -2.32. The number of cyclic esters (lactones) is 1. The molecule has 8 heteroatoms. The monoisotopic (exact) mass is 632 g/mol. The first kappa shape index (κ1) is 27.4. The molecule has 4 nitrogen and oxygen atoms in total. The average Bonchev–Trinajstić information content (AvgIpc) is 3.59. The quantitative estimate of drug-likeness (QED) is 0.110. The number of rotatable bonds is 4. The molecule has 0 spiro atoms. The maximum absolute atomic E-state index is 14.1. The predicted molar refractivity (Wildman–Crippen MR) is 172 cm³/mol. The van der Waals surface area contributed by atoms with Crippen LogP contribution in [-0.2, 0) is 16.9 Å². The van der Waals surface area contributed by atoms with Gasteiger partial charge in [-0.15, -0.1) is 0 Å². The molecule has 42 heavy (non-hydrogen) atoms. The van der Waals surface area contributed by atoms with Gasteiger partial charge in [-0.05, 0) is 44.5 Å². The second-order valence-corrected chi connectivity index (χ2v) is 12.0. The molecule has 6 aromatic rings. The Kier molecular flexibility index (Phi) is 6.41. The van der Waals surface area contributed by atoms with Crippen LogP contribution in [0.3, 0.4) is 0 Å². The standard InChI is InChI=1S/C34H24Cl4N2O2/c1-4-39-19(3)26(21-14-8-9-15-22(21)39)34(28-25(33(41)42-34)29(35)31(37)32(38)30(28)36)27-23-16-10-11-17-40(23)18(2)24(27)20-12-6-5-7-13-20/h5-17H,4H2,1-3H3. The van der Waals surface area contributed by atoms with Crippen LogP contribution in [0, 0.1) is 13.8 Å². The number of nitrogens with zero attached hydrogens (tertiary/aromatic N) is 2. The van der Waals surface area contributed by atoms with Crippen molar-refractivity contribution in [1.29, 1.82) is 0 Å². The molecule has 4 heterocycles. The van der Waals surface area contributed by atoms with Gasteiger partial charge in [0.15, 0.2) is 5.60 Å². The van der Waals surface area contributed by atoms with Crippen LogP contribution < -0.4 is 0 Å². The van der Waals surface area contributed by atoms with Crippen molar-refractivity contribution in [2.45, 2.75) is 32.9 Å². The van der Waals surface area contributed by atoms with E-state index in [-0.39, 0.29) is 25.7 Å². The van der Waals surface area contributed by atoms with Crippen LogP contribution in [0.4, 0.5) is 0 Å². The zero-order chi connectivity index (χ0) is 29.5. The highest BCUT2D eigenvalue weighted by atomic mass is 35.5. The zero-order valence-corrected chi connectivity index (χ0v) is 26.0. The van der Waals surface area contributed by atoms with E-state index in [1.165, 1.54) is 0 Å². The van der Waals surface area contributed by atoms with E-state index < -0.39 is 11.6 Å². The Morgan fingerprint density at radius 3 is 2.07 bits per heavy atom. The number of carbonyl (C=O) groups excluding carboxylic acids is 1. The Labute approximate surface area is 262 Å². The Bertz CT molecular complexity index is 2090. The Morgan fingerprint density at radius 1 is 0.690 bits per heavy atom. The van der Waals surface area contributed by atoms with Gasteiger partial charge in [-0.1, -0.05) is 101 Å². The SMILES string of the molecule is CCn1c(C)c(C2(c3c(-c4ccccc4)c(C)n4ccccc34)OC(=O)c3c(Cl)c(Cl)c(Cl)c(Cl)c32)c2ccccc21. The molecule has 1 unspecified atom stereocenters. The maximum Gasteiger partial charge on any atom is 0.341 e. The Hall–Kier alpha value is -3.41. The predicted octanol–water partition coefficient (Wildman–Crippen LogP) is 10.3. The van der Waals surface area contributed by atoms with Gasteiger partial charge in [0.2, 0.25) is 0 Å². The number of aromatic nitrogens is 2. The minimum atomic E-state index is -1.52. The molecule has 0 saturated heterocycles. The topological polar surface area (TPSA) is 35.6 Å². The number of hydrogen-bond acceptors (Lipinski definition) is 2. The summed E-state index contributed by atoms with van der Waals surface area (Å²) in [6.45, 7) is 6.92. The van der Waals surface area contributed by atoms with Crippen molar-refractivity contribution in [3.05, 3.63) is 133 Å². The lowest BCUT2D eigenvalue weighted by atomic mass is 9.76. The number of hydrogen-bond donors (Lipinski definition) is 0. The van der Waals surface area contributed by atoms with E-state index in [0.29, 0.717) is 12.1 Å². The van der Waals surface area contributed by atoms with Crippen LogP contribution in [0.5, 0.6) is 0 Å². The lowest BCUT2D eigenvalue weighted by Crippen LogP contribution is -2.31. The number of ether oxygens (including phenoxy) is 1. The Morgan fingerprint density at radius 2 is 1.33 bits per heavy atom. The van der Waals surface area contributed by atoms with Gasteiger partial charge in [0.05, 0.1) is 31.2 Å². The molecule has 0 aliphatic carbocycles. The van der Waals surface area contributed by atoms with Crippen molar-refractivity contribution in [2.75, 3.05) is 0 Å². The summed E-state index contributed by atoms with van der Waals surface area (Å²) in [5, 5.41) is 1.17. The number of halogens is 4. The third-order valence-electron chi connectivity index (χ3n) is 8.47. The van der Waals surface area contributed by atoms with Crippen LogP contribution in [0.15, 0.2) is 79.0 Å². The molecule has 1 aliphatic heterocycles. The summed E-state index contributed by atoms with van der Waals surface area (Å²) in [5.41, 5.74) is 6.26. The molecule has 210 valence electrons. The molecule has 0 N–H and O–H groups in total. The fraction of sp³-hybridized carbons (Fsp3) is 0.147. The van der Waals surface area contributed by atoms with Crippen LogP contribution in [0.25, 0.3) is 27.5 Å². The van der Waals surface area contributed by atoms with Gasteiger partial charge in [-0.2, -0.15) is 0 Å². The average molecular weight is 634 g/mol. The first-order chi connectivity index (χ1) is 20.2. The second-order valence-electron chi connectivity index (χ2n) is 10.5. The third-order valence-corrected chi connectivity index (χ3v) is 10.3. The van der Waals surface area contributed by atoms with Gasteiger partial charge >= 0.3 is 5.97 Å². The van der Waals surface area contributed by atoms with E-state index in [4.69, 9.17) is 51.1 Å². The largest absolute Gasteiger partial charge is 0.440 e. The summed E-state index contributed by atoms with van der Waals surface area (Å²) in [7, 11) is 0. The van der Waals surface area contributed by atoms with Gasteiger partial charge in [0.1, 0.15) is 0 Å². The highest BCUT2D eigenvalue weighted by Gasteiger charge is 2.56. The first-order valence-electron chi connectivity index (χ1n) is 13.6. The summed E-state index contributed by atoms with van der Waals surface area (Å²) in [6.07, 6.45) is 2.01. The molecular formula is C34H24Cl4N2O2. The number of para-hydroxylation sites is 1. The Balaban J connectivity index is 1.80. The summed E-state index contributed by atoms with van der Waals surface area (Å²) < 4.78 is 11.1. The third kappa shape index (κ3) is 3.47. The fourth-order valence-electron chi connectivity index (χ4n) is 6.84. The van der Waals surface area contributed by atoms with Crippen molar-refractivity contribution in [3.8, 4) is 11.1 Å². The number of carbonyl (C=O) groups is 1. The highest BCUT2D eigenvalue weighted by Crippen LogP contribution is 2.60. The molecule has 3 aromatic heterocycles. The second kappa shape index (κ2) is 9.82. The summed E-state index contributed by atoms with van der Waals surface area (Å²) in [5.74, 6) is -0.616. The van der Waals surface area contributed by atoms with Gasteiger partial charge in [0, 0.05) is 57.3 Å². The van der Waals surface area contributed by atoms with Crippen molar-refractivity contribution < 1.29 is 9.53 Å². The van der Waals surface area contributed by atoms with E-state index in [2.05, 4.69) is 47.1 Å². The van der Waals surface area contributed by atoms with Crippen LogP contribution in [0.2, 0.25) is 20.1 Å².